The Morgan fingerprint density at radius 1 is 1.23 bits per heavy atom. The van der Waals surface area contributed by atoms with Gasteiger partial charge in [0.1, 0.15) is 24.3 Å². The Bertz CT molecular complexity index is 1040. The standard InChI is InChI=1S/C25H31N3O3/c1-18-8-5-11-22(19(18)2)31-17-15-28-21-10-4-3-9-20(21)27-24(28)13-6-14-26-25(29)23-12-7-16-30-23/h3-5,8-11,23H,6-7,12-17H2,1-2H3,(H,26,29). The third kappa shape index (κ3) is 5.07. The molecule has 1 aromatic heterocycles. The number of benzene rings is 2. The van der Waals surface area contributed by atoms with Gasteiger partial charge in [-0.3, -0.25) is 4.79 Å². The number of aromatic nitrogens is 2. The first kappa shape index (κ1) is 21.4. The van der Waals surface area contributed by atoms with Crippen molar-refractivity contribution in [3.8, 4) is 5.75 Å². The Morgan fingerprint density at radius 3 is 2.94 bits per heavy atom. The third-order valence-corrected chi connectivity index (χ3v) is 5.96. The van der Waals surface area contributed by atoms with Crippen LogP contribution in [0.25, 0.3) is 11.0 Å². The summed E-state index contributed by atoms with van der Waals surface area (Å²) < 4.78 is 13.8. The summed E-state index contributed by atoms with van der Waals surface area (Å²) in [6.07, 6.45) is 3.14. The van der Waals surface area contributed by atoms with E-state index in [2.05, 4.69) is 35.9 Å². The molecule has 2 aromatic carbocycles. The second-order valence-corrected chi connectivity index (χ2v) is 8.11. The van der Waals surface area contributed by atoms with E-state index in [0.29, 0.717) is 19.8 Å². The molecule has 1 atom stereocenters. The molecule has 0 spiro atoms. The Hall–Kier alpha value is -2.86. The number of aryl methyl sites for hydroxylation is 2. The molecule has 0 radical (unpaired) electrons. The van der Waals surface area contributed by atoms with Gasteiger partial charge in [-0.2, -0.15) is 0 Å². The first-order valence-corrected chi connectivity index (χ1v) is 11.2. The molecule has 1 unspecified atom stereocenters. The van der Waals surface area contributed by atoms with E-state index in [1.54, 1.807) is 0 Å². The molecule has 0 aliphatic carbocycles. The monoisotopic (exact) mass is 421 g/mol. The van der Waals surface area contributed by atoms with E-state index in [9.17, 15) is 4.79 Å². The maximum absolute atomic E-state index is 12.1. The van der Waals surface area contributed by atoms with E-state index in [-0.39, 0.29) is 12.0 Å². The minimum absolute atomic E-state index is 0.00734. The lowest BCUT2D eigenvalue weighted by atomic mass is 10.1. The number of nitrogens with zero attached hydrogens (tertiary/aromatic N) is 2. The van der Waals surface area contributed by atoms with Crippen molar-refractivity contribution in [2.45, 2.75) is 52.2 Å². The molecule has 2 heterocycles. The molecule has 4 rings (SSSR count). The van der Waals surface area contributed by atoms with Crippen molar-refractivity contribution in [2.75, 3.05) is 19.8 Å². The van der Waals surface area contributed by atoms with Crippen LogP contribution in [0.15, 0.2) is 42.5 Å². The normalized spacial score (nSPS) is 16.0. The van der Waals surface area contributed by atoms with Gasteiger partial charge >= 0.3 is 0 Å². The van der Waals surface area contributed by atoms with Gasteiger partial charge in [0.2, 0.25) is 5.91 Å². The molecule has 0 saturated carbocycles. The van der Waals surface area contributed by atoms with Crippen molar-refractivity contribution >= 4 is 16.9 Å². The van der Waals surface area contributed by atoms with E-state index in [1.165, 1.54) is 11.1 Å². The average Bonchev–Trinajstić information content (AvgIpc) is 3.43. The van der Waals surface area contributed by atoms with Crippen LogP contribution in [-0.4, -0.2) is 41.3 Å². The summed E-state index contributed by atoms with van der Waals surface area (Å²) in [6, 6.07) is 14.3. The quantitative estimate of drug-likeness (QED) is 0.531. The maximum atomic E-state index is 12.1. The van der Waals surface area contributed by atoms with Crippen molar-refractivity contribution in [1.82, 2.24) is 14.9 Å². The number of amides is 1. The molecule has 31 heavy (non-hydrogen) atoms. The van der Waals surface area contributed by atoms with Gasteiger partial charge in [0.25, 0.3) is 0 Å². The van der Waals surface area contributed by atoms with E-state index in [0.717, 1.165) is 54.8 Å². The molecule has 3 aromatic rings. The van der Waals surface area contributed by atoms with Gasteiger partial charge in [0.05, 0.1) is 17.6 Å². The van der Waals surface area contributed by atoms with Crippen molar-refractivity contribution < 1.29 is 14.3 Å². The molecule has 0 bridgehead atoms. The molecule has 1 fully saturated rings. The first-order valence-electron chi connectivity index (χ1n) is 11.2. The van der Waals surface area contributed by atoms with Gasteiger partial charge in [-0.15, -0.1) is 0 Å². The van der Waals surface area contributed by atoms with Crippen LogP contribution in [0.4, 0.5) is 0 Å². The fraction of sp³-hybridized carbons (Fsp3) is 0.440. The number of hydrogen-bond acceptors (Lipinski definition) is 4. The number of imidazole rings is 1. The van der Waals surface area contributed by atoms with Gasteiger partial charge < -0.3 is 19.4 Å². The van der Waals surface area contributed by atoms with Crippen molar-refractivity contribution in [1.29, 1.82) is 0 Å². The topological polar surface area (TPSA) is 65.4 Å². The fourth-order valence-corrected chi connectivity index (χ4v) is 4.05. The van der Waals surface area contributed by atoms with Gasteiger partial charge in [0.15, 0.2) is 0 Å². The minimum Gasteiger partial charge on any atom is -0.491 e. The van der Waals surface area contributed by atoms with E-state index >= 15 is 0 Å². The molecular weight excluding hydrogens is 390 g/mol. The van der Waals surface area contributed by atoms with Crippen molar-refractivity contribution in [3.05, 3.63) is 59.4 Å². The molecule has 1 aliphatic heterocycles. The summed E-state index contributed by atoms with van der Waals surface area (Å²) in [5, 5.41) is 3.00. The molecular formula is C25H31N3O3. The summed E-state index contributed by atoms with van der Waals surface area (Å²) in [4.78, 5) is 17.0. The molecule has 164 valence electrons. The first-order chi connectivity index (χ1) is 15.1. The van der Waals surface area contributed by atoms with Gasteiger partial charge in [0, 0.05) is 19.6 Å². The van der Waals surface area contributed by atoms with E-state index in [1.807, 2.05) is 30.3 Å². The van der Waals surface area contributed by atoms with E-state index in [4.69, 9.17) is 14.5 Å². The van der Waals surface area contributed by atoms with Crippen LogP contribution in [0, 0.1) is 13.8 Å². The summed E-state index contributed by atoms with van der Waals surface area (Å²) in [5.41, 5.74) is 4.52. The summed E-state index contributed by atoms with van der Waals surface area (Å²) in [7, 11) is 0. The molecule has 6 nitrogen and oxygen atoms in total. The molecule has 1 aliphatic rings. The maximum Gasteiger partial charge on any atom is 0.249 e. The van der Waals surface area contributed by atoms with Crippen LogP contribution in [0.1, 0.15) is 36.2 Å². The van der Waals surface area contributed by atoms with Crippen LogP contribution in [0.5, 0.6) is 5.75 Å². The van der Waals surface area contributed by atoms with E-state index < -0.39 is 0 Å². The summed E-state index contributed by atoms with van der Waals surface area (Å²) in [6.45, 7) is 6.81. The zero-order valence-electron chi connectivity index (χ0n) is 18.4. The number of nitrogens with one attached hydrogen (secondary N) is 1. The average molecular weight is 422 g/mol. The lowest BCUT2D eigenvalue weighted by molar-refractivity contribution is -0.130. The van der Waals surface area contributed by atoms with Crippen LogP contribution in [0.2, 0.25) is 0 Å². The molecule has 6 heteroatoms. The van der Waals surface area contributed by atoms with Gasteiger partial charge in [-0.05, 0) is 62.4 Å². The lowest BCUT2D eigenvalue weighted by Crippen LogP contribution is -2.34. The number of para-hydroxylation sites is 2. The number of carbonyl (C=O) groups is 1. The molecule has 1 saturated heterocycles. The Kier molecular flexibility index (Phi) is 6.87. The largest absolute Gasteiger partial charge is 0.491 e. The van der Waals surface area contributed by atoms with Gasteiger partial charge in [-0.1, -0.05) is 24.3 Å². The van der Waals surface area contributed by atoms with Crippen LogP contribution in [-0.2, 0) is 22.5 Å². The minimum atomic E-state index is -0.271. The number of carbonyl (C=O) groups excluding carboxylic acids is 1. The number of rotatable bonds is 9. The second-order valence-electron chi connectivity index (χ2n) is 8.11. The fourth-order valence-electron chi connectivity index (χ4n) is 4.05. The number of fused-ring (bicyclic) bond motifs is 1. The SMILES string of the molecule is Cc1cccc(OCCn2c(CCCNC(=O)C3CCCO3)nc3ccccc32)c1C. The van der Waals surface area contributed by atoms with Crippen molar-refractivity contribution in [3.63, 3.8) is 0 Å². The predicted molar refractivity (Wildman–Crippen MR) is 121 cm³/mol. The third-order valence-electron chi connectivity index (χ3n) is 5.96. The van der Waals surface area contributed by atoms with Crippen LogP contribution >= 0.6 is 0 Å². The number of hydrogen-bond donors (Lipinski definition) is 1. The summed E-state index contributed by atoms with van der Waals surface area (Å²) in [5.74, 6) is 1.97. The number of ether oxygens (including phenoxy) is 2. The van der Waals surface area contributed by atoms with Crippen molar-refractivity contribution in [2.24, 2.45) is 0 Å². The summed E-state index contributed by atoms with van der Waals surface area (Å²) >= 11 is 0. The smallest absolute Gasteiger partial charge is 0.249 e. The van der Waals surface area contributed by atoms with Gasteiger partial charge in [-0.25, -0.2) is 4.98 Å². The Balaban J connectivity index is 1.37. The highest BCUT2D eigenvalue weighted by molar-refractivity contribution is 5.80. The molecule has 1 amide bonds. The lowest BCUT2D eigenvalue weighted by Gasteiger charge is -2.14. The van der Waals surface area contributed by atoms with Crippen LogP contribution < -0.4 is 10.1 Å². The Labute approximate surface area is 183 Å². The highest BCUT2D eigenvalue weighted by Gasteiger charge is 2.22. The second kappa shape index (κ2) is 9.96. The predicted octanol–water partition coefficient (Wildman–Crippen LogP) is 3.96. The zero-order chi connectivity index (χ0) is 21.6. The highest BCUT2D eigenvalue weighted by Crippen LogP contribution is 2.21. The zero-order valence-corrected chi connectivity index (χ0v) is 18.4. The highest BCUT2D eigenvalue weighted by atomic mass is 16.5. The molecule has 1 N–H and O–H groups in total. The Morgan fingerprint density at radius 2 is 2.10 bits per heavy atom. The van der Waals surface area contributed by atoms with Crippen LogP contribution in [0.3, 0.4) is 0 Å².